The molecule has 2 aromatic rings. The quantitative estimate of drug-likeness (QED) is 0.388. The first-order valence-electron chi connectivity index (χ1n) is 6.00. The highest BCUT2D eigenvalue weighted by Gasteiger charge is 2.24. The molecule has 19 heavy (non-hydrogen) atoms. The van der Waals surface area contributed by atoms with Gasteiger partial charge in [0.15, 0.2) is 5.82 Å². The number of nitrogens with zero attached hydrogens (tertiary/aromatic N) is 3. The fourth-order valence-corrected chi connectivity index (χ4v) is 3.59. The third kappa shape index (κ3) is 2.19. The molecule has 0 saturated heterocycles. The molecule has 0 spiro atoms. The van der Waals surface area contributed by atoms with E-state index in [4.69, 9.17) is 10.9 Å². The van der Waals surface area contributed by atoms with Gasteiger partial charge in [0.1, 0.15) is 0 Å². The first kappa shape index (κ1) is 12.1. The summed E-state index contributed by atoms with van der Waals surface area (Å²) in [6.07, 6.45) is 3.53. The molecular weight excluding hydrogens is 260 g/mol. The average Bonchev–Trinajstić information content (AvgIpc) is 3.06. The topological polar surface area (TPSA) is 76.4 Å². The van der Waals surface area contributed by atoms with Crippen LogP contribution >= 0.6 is 11.8 Å². The summed E-state index contributed by atoms with van der Waals surface area (Å²) in [7, 11) is 0. The van der Waals surface area contributed by atoms with Crippen molar-refractivity contribution in [2.45, 2.75) is 17.4 Å². The Hall–Kier alpha value is -1.95. The van der Waals surface area contributed by atoms with Crippen molar-refractivity contribution in [2.75, 3.05) is 5.75 Å². The summed E-state index contributed by atoms with van der Waals surface area (Å²) in [5.41, 5.74) is 6.99. The van der Waals surface area contributed by atoms with Crippen LogP contribution in [-0.2, 0) is 6.54 Å². The molecule has 0 bridgehead atoms. The number of benzene rings is 1. The van der Waals surface area contributed by atoms with Crippen LogP contribution in [0.25, 0.3) is 0 Å². The van der Waals surface area contributed by atoms with Crippen molar-refractivity contribution in [1.29, 1.82) is 0 Å². The monoisotopic (exact) mass is 274 g/mol. The van der Waals surface area contributed by atoms with E-state index in [0.717, 1.165) is 12.3 Å². The third-order valence-electron chi connectivity index (χ3n) is 3.27. The number of aromatic nitrogens is 2. The molecular formula is C13H14N4OS. The largest absolute Gasteiger partial charge is 0.409 e. The Morgan fingerprint density at radius 3 is 3.21 bits per heavy atom. The summed E-state index contributed by atoms with van der Waals surface area (Å²) in [5, 5.41) is 11.8. The maximum absolute atomic E-state index is 8.76. The standard InChI is InChI=1S/C13H14N4OS/c14-12(16-18)13-15-5-6-17(13)7-9-8-19-11-4-2-1-3-10(9)11/h1-6,9,18H,7-8H2,(H2,14,16). The zero-order chi connectivity index (χ0) is 13.2. The minimum Gasteiger partial charge on any atom is -0.409 e. The minimum atomic E-state index is 0.0453. The van der Waals surface area contributed by atoms with E-state index in [1.807, 2.05) is 22.5 Å². The van der Waals surface area contributed by atoms with Gasteiger partial charge >= 0.3 is 0 Å². The SMILES string of the molecule is NC(=NO)c1nccn1CC1CSc2ccccc21. The molecule has 0 amide bonds. The van der Waals surface area contributed by atoms with Gasteiger partial charge in [-0.25, -0.2) is 4.98 Å². The summed E-state index contributed by atoms with van der Waals surface area (Å²) >= 11 is 1.87. The smallest absolute Gasteiger partial charge is 0.206 e. The maximum Gasteiger partial charge on any atom is 0.206 e. The molecule has 0 fully saturated rings. The van der Waals surface area contributed by atoms with Gasteiger partial charge in [-0.05, 0) is 11.6 Å². The van der Waals surface area contributed by atoms with Gasteiger partial charge in [0.05, 0.1) is 0 Å². The molecule has 0 saturated carbocycles. The molecule has 1 aliphatic rings. The molecule has 1 unspecified atom stereocenters. The van der Waals surface area contributed by atoms with E-state index < -0.39 is 0 Å². The van der Waals surface area contributed by atoms with Crippen LogP contribution in [0.1, 0.15) is 17.3 Å². The first-order valence-corrected chi connectivity index (χ1v) is 6.99. The van der Waals surface area contributed by atoms with Crippen LogP contribution in [0.15, 0.2) is 46.7 Å². The molecule has 2 heterocycles. The van der Waals surface area contributed by atoms with Crippen molar-refractivity contribution < 1.29 is 5.21 Å². The van der Waals surface area contributed by atoms with Crippen LogP contribution in [-0.4, -0.2) is 26.3 Å². The molecule has 3 rings (SSSR count). The minimum absolute atomic E-state index is 0.0453. The molecule has 98 valence electrons. The van der Waals surface area contributed by atoms with E-state index in [2.05, 4.69) is 34.4 Å². The van der Waals surface area contributed by atoms with Gasteiger partial charge in [-0.15, -0.1) is 11.8 Å². The average molecular weight is 274 g/mol. The summed E-state index contributed by atoms with van der Waals surface area (Å²) in [6, 6.07) is 8.45. The lowest BCUT2D eigenvalue weighted by Crippen LogP contribution is -2.21. The molecule has 1 aromatic heterocycles. The lowest BCUT2D eigenvalue weighted by Gasteiger charge is -2.13. The highest BCUT2D eigenvalue weighted by Crippen LogP contribution is 2.40. The highest BCUT2D eigenvalue weighted by atomic mass is 32.2. The van der Waals surface area contributed by atoms with Crippen molar-refractivity contribution in [3.05, 3.63) is 48.0 Å². The second-order valence-electron chi connectivity index (χ2n) is 4.43. The van der Waals surface area contributed by atoms with Gasteiger partial charge in [-0.2, -0.15) is 0 Å². The second-order valence-corrected chi connectivity index (χ2v) is 5.50. The molecule has 0 radical (unpaired) electrons. The number of oxime groups is 1. The highest BCUT2D eigenvalue weighted by molar-refractivity contribution is 7.99. The van der Waals surface area contributed by atoms with Gasteiger partial charge in [-0.1, -0.05) is 23.4 Å². The Bertz CT molecular complexity index is 623. The van der Waals surface area contributed by atoms with E-state index in [0.29, 0.717) is 11.7 Å². The number of imidazole rings is 1. The number of thioether (sulfide) groups is 1. The number of rotatable bonds is 3. The summed E-state index contributed by atoms with van der Waals surface area (Å²) in [4.78, 5) is 5.47. The van der Waals surface area contributed by atoms with Crippen molar-refractivity contribution in [3.63, 3.8) is 0 Å². The third-order valence-corrected chi connectivity index (χ3v) is 4.52. The zero-order valence-electron chi connectivity index (χ0n) is 10.2. The van der Waals surface area contributed by atoms with Crippen LogP contribution < -0.4 is 5.73 Å². The second kappa shape index (κ2) is 4.97. The van der Waals surface area contributed by atoms with Crippen LogP contribution in [0.3, 0.4) is 0 Å². The number of nitrogens with two attached hydrogens (primary N) is 1. The molecule has 1 atom stereocenters. The molecule has 6 heteroatoms. The molecule has 3 N–H and O–H groups in total. The molecule has 1 aromatic carbocycles. The van der Waals surface area contributed by atoms with Crippen molar-refractivity contribution in [2.24, 2.45) is 10.9 Å². The lowest BCUT2D eigenvalue weighted by atomic mass is 10.0. The van der Waals surface area contributed by atoms with E-state index in [1.165, 1.54) is 10.5 Å². The summed E-state index contributed by atoms with van der Waals surface area (Å²) in [5.74, 6) is 2.04. The number of hydrogen-bond donors (Lipinski definition) is 2. The summed E-state index contributed by atoms with van der Waals surface area (Å²) in [6.45, 7) is 0.787. The zero-order valence-corrected chi connectivity index (χ0v) is 11.0. The lowest BCUT2D eigenvalue weighted by molar-refractivity contribution is 0.318. The summed E-state index contributed by atoms with van der Waals surface area (Å²) < 4.78 is 1.93. The molecule has 1 aliphatic heterocycles. The van der Waals surface area contributed by atoms with Crippen LogP contribution in [0, 0.1) is 0 Å². The first-order chi connectivity index (χ1) is 9.29. The van der Waals surface area contributed by atoms with Gasteiger partial charge in [0.25, 0.3) is 0 Å². The Labute approximate surface area is 115 Å². The maximum atomic E-state index is 8.76. The molecule has 5 nitrogen and oxygen atoms in total. The Morgan fingerprint density at radius 2 is 2.37 bits per heavy atom. The number of fused-ring (bicyclic) bond motifs is 1. The van der Waals surface area contributed by atoms with Crippen LogP contribution in [0.5, 0.6) is 0 Å². The van der Waals surface area contributed by atoms with E-state index in [9.17, 15) is 0 Å². The van der Waals surface area contributed by atoms with E-state index in [1.54, 1.807) is 6.20 Å². The van der Waals surface area contributed by atoms with E-state index in [-0.39, 0.29) is 5.84 Å². The van der Waals surface area contributed by atoms with Crippen molar-refractivity contribution in [3.8, 4) is 0 Å². The number of amidine groups is 1. The fourth-order valence-electron chi connectivity index (χ4n) is 2.35. The van der Waals surface area contributed by atoms with Crippen LogP contribution in [0.2, 0.25) is 0 Å². The van der Waals surface area contributed by atoms with Crippen LogP contribution in [0.4, 0.5) is 0 Å². The number of hydrogen-bond acceptors (Lipinski definition) is 4. The molecule has 0 aliphatic carbocycles. The Balaban J connectivity index is 1.86. The van der Waals surface area contributed by atoms with Gasteiger partial charge in [0.2, 0.25) is 5.84 Å². The van der Waals surface area contributed by atoms with Gasteiger partial charge in [0, 0.05) is 35.5 Å². The Kier molecular flexibility index (Phi) is 3.16. The van der Waals surface area contributed by atoms with E-state index >= 15 is 0 Å². The normalized spacial score (nSPS) is 18.5. The van der Waals surface area contributed by atoms with Gasteiger partial charge in [-0.3, -0.25) is 0 Å². The predicted octanol–water partition coefficient (Wildman–Crippen LogP) is 1.87. The Morgan fingerprint density at radius 1 is 1.53 bits per heavy atom. The van der Waals surface area contributed by atoms with Gasteiger partial charge < -0.3 is 15.5 Å². The van der Waals surface area contributed by atoms with Crippen molar-refractivity contribution >= 4 is 17.6 Å². The fraction of sp³-hybridized carbons (Fsp3) is 0.231. The van der Waals surface area contributed by atoms with Crippen molar-refractivity contribution in [1.82, 2.24) is 9.55 Å². The predicted molar refractivity (Wildman–Crippen MR) is 74.6 cm³/mol.